The van der Waals surface area contributed by atoms with Gasteiger partial charge in [0.15, 0.2) is 5.56 Å². The second-order valence-corrected chi connectivity index (χ2v) is 5.21. The maximum atomic E-state index is 12.0. The van der Waals surface area contributed by atoms with Crippen LogP contribution in [0.3, 0.4) is 0 Å². The molecule has 126 valence electrons. The van der Waals surface area contributed by atoms with Crippen LogP contribution in [0.15, 0.2) is 33.9 Å². The number of nitriles is 1. The van der Waals surface area contributed by atoms with Crippen molar-refractivity contribution in [2.24, 2.45) is 14.1 Å². The molecule has 1 heterocycles. The predicted molar refractivity (Wildman–Crippen MR) is 88.1 cm³/mol. The number of nitrogens with one attached hydrogen (secondary N) is 1. The van der Waals surface area contributed by atoms with Crippen molar-refractivity contribution in [3.63, 3.8) is 0 Å². The average molecular weight is 330 g/mol. The molecule has 2 aromatic rings. The Labute approximate surface area is 138 Å². The lowest BCUT2D eigenvalue weighted by molar-refractivity contribution is 0.191. The molecule has 0 aliphatic heterocycles. The number of aromatic nitrogens is 2. The highest BCUT2D eigenvalue weighted by Gasteiger charge is 2.16. The van der Waals surface area contributed by atoms with E-state index in [0.29, 0.717) is 11.3 Å². The van der Waals surface area contributed by atoms with Crippen molar-refractivity contribution >= 4 is 5.82 Å². The molecule has 0 spiro atoms. The minimum Gasteiger partial charge on any atom is -0.497 e. The van der Waals surface area contributed by atoms with Crippen molar-refractivity contribution in [2.45, 2.75) is 6.10 Å². The molecule has 0 bridgehead atoms. The Kier molecular flexibility index (Phi) is 5.06. The standard InChI is InChI=1S/C16H18N4O4/c1-19-14(12(8-17)15(22)20(2)16(19)23)18-9-13(21)10-4-6-11(24-3)7-5-10/h4-7,13,18,21H,9H2,1-3H3/t13-/m0/s1. The highest BCUT2D eigenvalue weighted by atomic mass is 16.5. The summed E-state index contributed by atoms with van der Waals surface area (Å²) >= 11 is 0. The molecule has 1 aromatic carbocycles. The number of aliphatic hydroxyl groups excluding tert-OH is 1. The summed E-state index contributed by atoms with van der Waals surface area (Å²) in [5.41, 5.74) is -0.778. The molecule has 2 rings (SSSR count). The Morgan fingerprint density at radius 1 is 1.25 bits per heavy atom. The number of hydrogen-bond acceptors (Lipinski definition) is 6. The van der Waals surface area contributed by atoms with E-state index in [9.17, 15) is 20.0 Å². The molecule has 0 saturated carbocycles. The largest absolute Gasteiger partial charge is 0.497 e. The molecule has 1 aromatic heterocycles. The minimum atomic E-state index is -0.887. The first-order valence-corrected chi connectivity index (χ1v) is 7.16. The van der Waals surface area contributed by atoms with Crippen molar-refractivity contribution in [3.05, 3.63) is 56.2 Å². The lowest BCUT2D eigenvalue weighted by Gasteiger charge is -2.17. The average Bonchev–Trinajstić information content (AvgIpc) is 2.61. The van der Waals surface area contributed by atoms with Crippen LogP contribution in [0.4, 0.5) is 5.82 Å². The Morgan fingerprint density at radius 2 is 1.88 bits per heavy atom. The van der Waals surface area contributed by atoms with E-state index in [2.05, 4.69) is 5.32 Å². The Bertz CT molecular complexity index is 891. The first-order chi connectivity index (χ1) is 11.4. The molecule has 2 N–H and O–H groups in total. The fourth-order valence-corrected chi connectivity index (χ4v) is 2.29. The van der Waals surface area contributed by atoms with Gasteiger partial charge in [-0.2, -0.15) is 5.26 Å². The first-order valence-electron chi connectivity index (χ1n) is 7.16. The Morgan fingerprint density at radius 3 is 2.42 bits per heavy atom. The maximum Gasteiger partial charge on any atom is 0.332 e. The van der Waals surface area contributed by atoms with Crippen LogP contribution >= 0.6 is 0 Å². The van der Waals surface area contributed by atoms with Crippen molar-refractivity contribution in [3.8, 4) is 11.8 Å². The van der Waals surface area contributed by atoms with Crippen LogP contribution in [0.2, 0.25) is 0 Å². The predicted octanol–water partition coefficient (Wildman–Crippen LogP) is 0.110. The van der Waals surface area contributed by atoms with E-state index >= 15 is 0 Å². The van der Waals surface area contributed by atoms with Gasteiger partial charge in [0, 0.05) is 20.6 Å². The van der Waals surface area contributed by atoms with E-state index in [1.165, 1.54) is 18.7 Å². The Balaban J connectivity index is 2.27. The third-order valence-electron chi connectivity index (χ3n) is 3.74. The fourth-order valence-electron chi connectivity index (χ4n) is 2.29. The summed E-state index contributed by atoms with van der Waals surface area (Å²) in [5.74, 6) is 0.748. The van der Waals surface area contributed by atoms with Crippen molar-refractivity contribution in [2.75, 3.05) is 19.0 Å². The van der Waals surface area contributed by atoms with Gasteiger partial charge < -0.3 is 15.2 Å². The van der Waals surface area contributed by atoms with Crippen LogP contribution in [0, 0.1) is 11.3 Å². The van der Waals surface area contributed by atoms with E-state index in [-0.39, 0.29) is 17.9 Å². The van der Waals surface area contributed by atoms with Crippen molar-refractivity contribution in [1.82, 2.24) is 9.13 Å². The van der Waals surface area contributed by atoms with Gasteiger partial charge in [-0.3, -0.25) is 13.9 Å². The minimum absolute atomic E-state index is 0.0292. The van der Waals surface area contributed by atoms with E-state index in [1.807, 2.05) is 0 Å². The van der Waals surface area contributed by atoms with Gasteiger partial charge in [0.05, 0.1) is 13.2 Å². The lowest BCUT2D eigenvalue weighted by Crippen LogP contribution is -2.40. The number of methoxy groups -OCH3 is 1. The summed E-state index contributed by atoms with van der Waals surface area (Å²) in [6.45, 7) is 0.0292. The molecule has 0 saturated heterocycles. The van der Waals surface area contributed by atoms with Gasteiger partial charge in [0.2, 0.25) is 0 Å². The van der Waals surface area contributed by atoms with Gasteiger partial charge in [0.25, 0.3) is 5.56 Å². The third-order valence-corrected chi connectivity index (χ3v) is 3.74. The molecule has 24 heavy (non-hydrogen) atoms. The third kappa shape index (κ3) is 3.16. The molecule has 0 fully saturated rings. The molecular weight excluding hydrogens is 312 g/mol. The number of aliphatic hydroxyl groups is 1. The van der Waals surface area contributed by atoms with Gasteiger partial charge in [-0.05, 0) is 17.7 Å². The number of ether oxygens (including phenoxy) is 1. The van der Waals surface area contributed by atoms with Crippen LogP contribution < -0.4 is 21.3 Å². The fraction of sp³-hybridized carbons (Fsp3) is 0.312. The highest BCUT2D eigenvalue weighted by molar-refractivity contribution is 5.51. The second-order valence-electron chi connectivity index (χ2n) is 5.21. The molecule has 0 radical (unpaired) electrons. The van der Waals surface area contributed by atoms with Gasteiger partial charge in [0.1, 0.15) is 17.6 Å². The molecule has 0 amide bonds. The maximum absolute atomic E-state index is 12.0. The summed E-state index contributed by atoms with van der Waals surface area (Å²) in [6.07, 6.45) is -0.887. The number of benzene rings is 1. The summed E-state index contributed by atoms with van der Waals surface area (Å²) in [7, 11) is 4.30. The van der Waals surface area contributed by atoms with Gasteiger partial charge in [-0.1, -0.05) is 12.1 Å². The quantitative estimate of drug-likeness (QED) is 0.805. The van der Waals surface area contributed by atoms with Crippen LogP contribution in [-0.2, 0) is 14.1 Å². The van der Waals surface area contributed by atoms with Crippen molar-refractivity contribution in [1.29, 1.82) is 5.26 Å². The zero-order valence-electron chi connectivity index (χ0n) is 13.6. The highest BCUT2D eigenvalue weighted by Crippen LogP contribution is 2.18. The summed E-state index contributed by atoms with van der Waals surface area (Å²) in [4.78, 5) is 24.0. The van der Waals surface area contributed by atoms with Gasteiger partial charge in [-0.25, -0.2) is 4.79 Å². The van der Waals surface area contributed by atoms with Gasteiger partial charge >= 0.3 is 5.69 Å². The van der Waals surface area contributed by atoms with Gasteiger partial charge in [-0.15, -0.1) is 0 Å². The zero-order valence-corrected chi connectivity index (χ0v) is 13.6. The van der Waals surface area contributed by atoms with Crippen LogP contribution in [0.25, 0.3) is 0 Å². The lowest BCUT2D eigenvalue weighted by atomic mass is 10.1. The van der Waals surface area contributed by atoms with E-state index in [0.717, 1.165) is 4.57 Å². The van der Waals surface area contributed by atoms with E-state index in [4.69, 9.17) is 4.74 Å². The number of rotatable bonds is 5. The van der Waals surface area contributed by atoms with E-state index in [1.54, 1.807) is 37.4 Å². The Hall–Kier alpha value is -3.05. The molecule has 1 atom stereocenters. The molecular formula is C16H18N4O4. The number of nitrogens with zero attached hydrogens (tertiary/aromatic N) is 3. The number of anilines is 1. The van der Waals surface area contributed by atoms with Crippen LogP contribution in [0.1, 0.15) is 17.2 Å². The first kappa shape index (κ1) is 17.3. The second kappa shape index (κ2) is 7.02. The van der Waals surface area contributed by atoms with E-state index < -0.39 is 17.4 Å². The van der Waals surface area contributed by atoms with Crippen molar-refractivity contribution < 1.29 is 9.84 Å². The molecule has 0 unspecified atom stereocenters. The molecule has 0 aliphatic rings. The molecule has 8 nitrogen and oxygen atoms in total. The normalized spacial score (nSPS) is 11.6. The summed E-state index contributed by atoms with van der Waals surface area (Å²) < 4.78 is 7.09. The molecule has 8 heteroatoms. The SMILES string of the molecule is COc1ccc([C@@H](O)CNc2c(C#N)c(=O)n(C)c(=O)n2C)cc1. The number of hydrogen-bond donors (Lipinski definition) is 2. The van der Waals surface area contributed by atoms with Crippen LogP contribution in [-0.4, -0.2) is 27.9 Å². The smallest absolute Gasteiger partial charge is 0.332 e. The molecule has 0 aliphatic carbocycles. The summed E-state index contributed by atoms with van der Waals surface area (Å²) in [6, 6.07) is 8.64. The van der Waals surface area contributed by atoms with Crippen LogP contribution in [0.5, 0.6) is 5.75 Å². The topological polar surface area (TPSA) is 109 Å². The zero-order chi connectivity index (χ0) is 17.9. The monoisotopic (exact) mass is 330 g/mol. The summed E-state index contributed by atoms with van der Waals surface area (Å²) in [5, 5.41) is 22.2.